The molecule has 19 heavy (non-hydrogen) atoms. The van der Waals surface area contributed by atoms with Crippen molar-refractivity contribution in [2.24, 2.45) is 0 Å². The van der Waals surface area contributed by atoms with Crippen LogP contribution in [-0.4, -0.2) is 62.2 Å². The zero-order valence-corrected chi connectivity index (χ0v) is 11.6. The lowest BCUT2D eigenvalue weighted by molar-refractivity contribution is -0.0808. The second kappa shape index (κ2) is 13.8. The Kier molecular flexibility index (Phi) is 13.3. The second-order valence-corrected chi connectivity index (χ2v) is 4.10. The van der Waals surface area contributed by atoms with Crippen molar-refractivity contribution in [1.82, 2.24) is 0 Å². The molecule has 0 aromatic rings. The maximum Gasteiger partial charge on any atom is 0.188 e. The quantitative estimate of drug-likeness (QED) is 0.276. The Morgan fingerprint density at radius 2 is 1.58 bits per heavy atom. The van der Waals surface area contributed by atoms with E-state index in [9.17, 15) is 10.2 Å². The first-order chi connectivity index (χ1) is 9.20. The maximum atomic E-state index is 9.51. The molecule has 2 unspecified atom stereocenters. The lowest BCUT2D eigenvalue weighted by atomic mass is 10.3. The minimum Gasteiger partial charge on any atom is -0.476 e. The van der Waals surface area contributed by atoms with E-state index in [-0.39, 0.29) is 33.2 Å². The van der Waals surface area contributed by atoms with Crippen LogP contribution in [0.2, 0.25) is 0 Å². The van der Waals surface area contributed by atoms with E-state index in [4.69, 9.17) is 18.9 Å². The van der Waals surface area contributed by atoms with Crippen LogP contribution in [0.5, 0.6) is 0 Å². The maximum absolute atomic E-state index is 9.51. The van der Waals surface area contributed by atoms with Gasteiger partial charge in [0.1, 0.15) is 12.2 Å². The number of aliphatic hydroxyl groups excluding tert-OH is 2. The molecular formula is C13H26O6. The Morgan fingerprint density at radius 1 is 1.00 bits per heavy atom. The average Bonchev–Trinajstić information content (AvgIpc) is 2.40. The van der Waals surface area contributed by atoms with Crippen LogP contribution in [0.1, 0.15) is 19.8 Å². The van der Waals surface area contributed by atoms with Crippen molar-refractivity contribution >= 4 is 0 Å². The summed E-state index contributed by atoms with van der Waals surface area (Å²) < 4.78 is 20.1. The zero-order chi connectivity index (χ0) is 14.3. The van der Waals surface area contributed by atoms with Gasteiger partial charge in [0.05, 0.1) is 32.7 Å². The summed E-state index contributed by atoms with van der Waals surface area (Å²) in [5, 5.41) is 19.0. The van der Waals surface area contributed by atoms with Gasteiger partial charge in [-0.15, -0.1) is 0 Å². The van der Waals surface area contributed by atoms with Crippen LogP contribution in [0.3, 0.4) is 0 Å². The van der Waals surface area contributed by atoms with Gasteiger partial charge < -0.3 is 29.2 Å². The third-order valence-electron chi connectivity index (χ3n) is 2.15. The summed E-state index contributed by atoms with van der Waals surface area (Å²) in [7, 11) is 0. The number of rotatable bonds is 14. The van der Waals surface area contributed by atoms with Gasteiger partial charge >= 0.3 is 0 Å². The lowest BCUT2D eigenvalue weighted by Gasteiger charge is -2.14. The average molecular weight is 278 g/mol. The van der Waals surface area contributed by atoms with Gasteiger partial charge in [0, 0.05) is 6.61 Å². The van der Waals surface area contributed by atoms with Crippen molar-refractivity contribution in [3.05, 3.63) is 12.8 Å². The second-order valence-electron chi connectivity index (χ2n) is 4.10. The summed E-state index contributed by atoms with van der Waals surface area (Å²) in [6.07, 6.45) is 1.89. The van der Waals surface area contributed by atoms with E-state index in [2.05, 4.69) is 13.5 Å². The first-order valence-electron chi connectivity index (χ1n) is 6.52. The number of ether oxygens (including phenoxy) is 4. The summed E-state index contributed by atoms with van der Waals surface area (Å²) >= 11 is 0. The van der Waals surface area contributed by atoms with Crippen molar-refractivity contribution in [3.63, 3.8) is 0 Å². The summed E-state index contributed by atoms with van der Waals surface area (Å²) in [5.41, 5.74) is 0. The zero-order valence-electron chi connectivity index (χ0n) is 11.6. The van der Waals surface area contributed by atoms with Gasteiger partial charge in [0.2, 0.25) is 0 Å². The van der Waals surface area contributed by atoms with Crippen LogP contribution < -0.4 is 0 Å². The Balaban J connectivity index is 3.32. The molecule has 0 radical (unpaired) electrons. The molecule has 114 valence electrons. The highest BCUT2D eigenvalue weighted by Gasteiger charge is 2.08. The molecule has 0 aliphatic heterocycles. The van der Waals surface area contributed by atoms with Crippen molar-refractivity contribution in [2.75, 3.05) is 39.8 Å². The van der Waals surface area contributed by atoms with E-state index in [0.29, 0.717) is 6.61 Å². The largest absolute Gasteiger partial charge is 0.476 e. The molecule has 0 aliphatic rings. The molecule has 0 fully saturated rings. The van der Waals surface area contributed by atoms with Crippen molar-refractivity contribution in [1.29, 1.82) is 0 Å². The molecule has 0 saturated carbocycles. The first kappa shape index (κ1) is 18.3. The van der Waals surface area contributed by atoms with E-state index in [1.165, 1.54) is 6.26 Å². The highest BCUT2D eigenvalue weighted by molar-refractivity contribution is 4.55. The SMILES string of the molecule is C=COCOCC(O)COCC(O)COCCCC. The van der Waals surface area contributed by atoms with Gasteiger partial charge in [-0.1, -0.05) is 19.9 Å². The minimum absolute atomic E-state index is 0.0501. The van der Waals surface area contributed by atoms with E-state index in [1.54, 1.807) is 0 Å². The molecule has 0 heterocycles. The van der Waals surface area contributed by atoms with Crippen LogP contribution in [-0.2, 0) is 18.9 Å². The normalized spacial score (nSPS) is 14.1. The molecule has 0 spiro atoms. The van der Waals surface area contributed by atoms with E-state index in [0.717, 1.165) is 12.8 Å². The fraction of sp³-hybridized carbons (Fsp3) is 0.846. The van der Waals surface area contributed by atoms with E-state index < -0.39 is 12.2 Å². The molecule has 0 saturated heterocycles. The van der Waals surface area contributed by atoms with Crippen LogP contribution >= 0.6 is 0 Å². The van der Waals surface area contributed by atoms with Crippen LogP contribution in [0.25, 0.3) is 0 Å². The fourth-order valence-electron chi connectivity index (χ4n) is 1.18. The standard InChI is InChI=1S/C13H26O6/c1-3-5-6-17-7-12(14)8-18-9-13(15)10-19-11-16-4-2/h4,12-15H,2-3,5-11H2,1H3. The van der Waals surface area contributed by atoms with Crippen LogP contribution in [0.4, 0.5) is 0 Å². The first-order valence-corrected chi connectivity index (χ1v) is 6.52. The van der Waals surface area contributed by atoms with Gasteiger partial charge in [-0.25, -0.2) is 0 Å². The third-order valence-corrected chi connectivity index (χ3v) is 2.15. The molecule has 0 aromatic carbocycles. The summed E-state index contributed by atoms with van der Waals surface area (Å²) in [5.74, 6) is 0. The molecule has 6 heteroatoms. The molecule has 0 aromatic heterocycles. The molecular weight excluding hydrogens is 252 g/mol. The van der Waals surface area contributed by atoms with Crippen LogP contribution in [0, 0.1) is 0 Å². The van der Waals surface area contributed by atoms with Gasteiger partial charge in [0.15, 0.2) is 6.79 Å². The summed E-state index contributed by atoms with van der Waals surface area (Å²) in [6, 6.07) is 0. The highest BCUT2D eigenvalue weighted by atomic mass is 16.7. The van der Waals surface area contributed by atoms with E-state index in [1.807, 2.05) is 0 Å². The third kappa shape index (κ3) is 13.6. The van der Waals surface area contributed by atoms with Gasteiger partial charge in [-0.05, 0) is 6.42 Å². The van der Waals surface area contributed by atoms with Crippen molar-refractivity contribution in [3.8, 4) is 0 Å². The Labute approximate surface area is 114 Å². The van der Waals surface area contributed by atoms with Crippen LogP contribution in [0.15, 0.2) is 12.8 Å². The number of hydrogen-bond acceptors (Lipinski definition) is 6. The number of unbranched alkanes of at least 4 members (excludes halogenated alkanes) is 1. The molecule has 2 N–H and O–H groups in total. The molecule has 0 bridgehead atoms. The smallest absolute Gasteiger partial charge is 0.188 e. The summed E-state index contributed by atoms with van der Waals surface area (Å²) in [4.78, 5) is 0. The molecule has 2 atom stereocenters. The Hall–Kier alpha value is -0.660. The highest BCUT2D eigenvalue weighted by Crippen LogP contribution is 1.94. The monoisotopic (exact) mass is 278 g/mol. The number of hydrogen-bond donors (Lipinski definition) is 2. The van der Waals surface area contributed by atoms with Crippen molar-refractivity contribution in [2.45, 2.75) is 32.0 Å². The number of aliphatic hydroxyl groups is 2. The lowest BCUT2D eigenvalue weighted by Crippen LogP contribution is -2.27. The fourth-order valence-corrected chi connectivity index (χ4v) is 1.18. The minimum atomic E-state index is -0.748. The molecule has 6 nitrogen and oxygen atoms in total. The summed E-state index contributed by atoms with van der Waals surface area (Å²) in [6.45, 7) is 6.71. The van der Waals surface area contributed by atoms with Crippen molar-refractivity contribution < 1.29 is 29.2 Å². The van der Waals surface area contributed by atoms with Gasteiger partial charge in [-0.2, -0.15) is 0 Å². The molecule has 0 amide bonds. The Morgan fingerprint density at radius 3 is 2.16 bits per heavy atom. The van der Waals surface area contributed by atoms with Gasteiger partial charge in [-0.3, -0.25) is 0 Å². The van der Waals surface area contributed by atoms with E-state index >= 15 is 0 Å². The van der Waals surface area contributed by atoms with Gasteiger partial charge in [0.25, 0.3) is 0 Å². The predicted octanol–water partition coefficient (Wildman–Crippen LogP) is 0.676. The molecule has 0 aliphatic carbocycles. The predicted molar refractivity (Wildman–Crippen MR) is 70.7 cm³/mol. The molecule has 0 rings (SSSR count). The topological polar surface area (TPSA) is 77.4 Å². The Bertz CT molecular complexity index is 200.